The molecule has 0 bridgehead atoms. The van der Waals surface area contributed by atoms with Crippen molar-refractivity contribution in [2.75, 3.05) is 6.54 Å². The summed E-state index contributed by atoms with van der Waals surface area (Å²) in [6.45, 7) is 8.27. The van der Waals surface area contributed by atoms with Gasteiger partial charge in [0.05, 0.1) is 5.69 Å². The van der Waals surface area contributed by atoms with E-state index in [2.05, 4.69) is 39.6 Å². The predicted molar refractivity (Wildman–Crippen MR) is 82.1 cm³/mol. The summed E-state index contributed by atoms with van der Waals surface area (Å²) in [5, 5.41) is 17.7. The second-order valence-corrected chi connectivity index (χ2v) is 5.61. The van der Waals surface area contributed by atoms with Gasteiger partial charge >= 0.3 is 0 Å². The molecule has 0 aliphatic rings. The lowest BCUT2D eigenvalue weighted by Gasteiger charge is -2.13. The summed E-state index contributed by atoms with van der Waals surface area (Å²) in [6.07, 6.45) is 2.31. The first-order valence-corrected chi connectivity index (χ1v) is 7.35. The van der Waals surface area contributed by atoms with E-state index in [1.54, 1.807) is 6.33 Å². The molecule has 0 radical (unpaired) electrons. The standard InChI is InChI=1S/C14H23N7O/c1-8(2)21-7-17-20-11(21)5-6-16-14(22)13(15)12-9(3)18-19-10(12)4/h7-8,13H,5-6,15H2,1-4H3,(H,16,22)(H,18,19)/t13-/m1/s1. The first-order valence-electron chi connectivity index (χ1n) is 7.35. The summed E-state index contributed by atoms with van der Waals surface area (Å²) >= 11 is 0. The summed E-state index contributed by atoms with van der Waals surface area (Å²) in [5.41, 5.74) is 8.34. The molecule has 2 aromatic rings. The van der Waals surface area contributed by atoms with Crippen LogP contribution in [-0.2, 0) is 11.2 Å². The molecular weight excluding hydrogens is 282 g/mol. The molecule has 1 amide bonds. The Morgan fingerprint density at radius 3 is 2.77 bits per heavy atom. The Kier molecular flexibility index (Phi) is 4.92. The maximum atomic E-state index is 12.2. The maximum absolute atomic E-state index is 12.2. The first kappa shape index (κ1) is 16.2. The molecule has 0 aliphatic heterocycles. The third-order valence-corrected chi connectivity index (χ3v) is 3.63. The van der Waals surface area contributed by atoms with Gasteiger partial charge in [0.15, 0.2) is 0 Å². The van der Waals surface area contributed by atoms with Crippen molar-refractivity contribution in [1.29, 1.82) is 0 Å². The van der Waals surface area contributed by atoms with Gasteiger partial charge in [-0.2, -0.15) is 5.10 Å². The molecule has 8 heteroatoms. The molecule has 2 heterocycles. The van der Waals surface area contributed by atoms with E-state index in [0.717, 1.165) is 22.8 Å². The zero-order valence-corrected chi connectivity index (χ0v) is 13.4. The van der Waals surface area contributed by atoms with Crippen LogP contribution in [0.4, 0.5) is 0 Å². The van der Waals surface area contributed by atoms with Crippen LogP contribution in [0, 0.1) is 13.8 Å². The van der Waals surface area contributed by atoms with Gasteiger partial charge in [-0.25, -0.2) is 0 Å². The van der Waals surface area contributed by atoms with Crippen LogP contribution in [0.1, 0.15) is 48.7 Å². The number of aromatic amines is 1. The third-order valence-electron chi connectivity index (χ3n) is 3.63. The summed E-state index contributed by atoms with van der Waals surface area (Å²) in [4.78, 5) is 12.2. The fourth-order valence-electron chi connectivity index (χ4n) is 2.43. The summed E-state index contributed by atoms with van der Waals surface area (Å²) in [6, 6.07) is -0.430. The Hall–Kier alpha value is -2.22. The molecule has 0 aliphatic carbocycles. The Bertz CT molecular complexity index is 624. The van der Waals surface area contributed by atoms with Crippen LogP contribution in [0.2, 0.25) is 0 Å². The first-order chi connectivity index (χ1) is 10.4. The van der Waals surface area contributed by atoms with Gasteiger partial charge in [0.1, 0.15) is 18.2 Å². The molecule has 2 aromatic heterocycles. The lowest BCUT2D eigenvalue weighted by molar-refractivity contribution is -0.122. The molecule has 4 N–H and O–H groups in total. The molecule has 0 saturated heterocycles. The molecule has 0 aromatic carbocycles. The highest BCUT2D eigenvalue weighted by atomic mass is 16.2. The molecule has 0 spiro atoms. The Morgan fingerprint density at radius 2 is 2.18 bits per heavy atom. The topological polar surface area (TPSA) is 115 Å². The van der Waals surface area contributed by atoms with Gasteiger partial charge in [0.2, 0.25) is 5.91 Å². The zero-order chi connectivity index (χ0) is 16.3. The van der Waals surface area contributed by atoms with Crippen LogP contribution in [0.25, 0.3) is 0 Å². The number of rotatable bonds is 6. The summed E-state index contributed by atoms with van der Waals surface area (Å²) < 4.78 is 1.98. The normalized spacial score (nSPS) is 12.6. The molecular formula is C14H23N7O. The smallest absolute Gasteiger partial charge is 0.241 e. The van der Waals surface area contributed by atoms with Crippen molar-refractivity contribution in [2.24, 2.45) is 5.73 Å². The van der Waals surface area contributed by atoms with Gasteiger partial charge in [-0.05, 0) is 27.7 Å². The number of nitrogens with zero attached hydrogens (tertiary/aromatic N) is 4. The van der Waals surface area contributed by atoms with Crippen molar-refractivity contribution in [2.45, 2.75) is 46.2 Å². The Labute approximate surface area is 129 Å². The SMILES string of the molecule is Cc1n[nH]c(C)c1[C@@H](N)C(=O)NCCc1nncn1C(C)C. The minimum atomic E-state index is -0.721. The predicted octanol–water partition coefficient (Wildman–Crippen LogP) is 0.558. The highest BCUT2D eigenvalue weighted by Crippen LogP contribution is 2.17. The molecule has 1 atom stereocenters. The third kappa shape index (κ3) is 3.33. The average molecular weight is 305 g/mol. The van der Waals surface area contributed by atoms with Gasteiger partial charge in [-0.15, -0.1) is 10.2 Å². The molecule has 120 valence electrons. The van der Waals surface area contributed by atoms with Crippen LogP contribution < -0.4 is 11.1 Å². The highest BCUT2D eigenvalue weighted by molar-refractivity contribution is 5.83. The number of aryl methyl sites for hydroxylation is 2. The van der Waals surface area contributed by atoms with Crippen molar-refractivity contribution in [3.05, 3.63) is 29.1 Å². The van der Waals surface area contributed by atoms with E-state index < -0.39 is 6.04 Å². The van der Waals surface area contributed by atoms with E-state index in [1.807, 2.05) is 18.4 Å². The van der Waals surface area contributed by atoms with Crippen molar-refractivity contribution in [3.8, 4) is 0 Å². The van der Waals surface area contributed by atoms with E-state index >= 15 is 0 Å². The van der Waals surface area contributed by atoms with Crippen LogP contribution in [0.5, 0.6) is 0 Å². The van der Waals surface area contributed by atoms with Crippen molar-refractivity contribution >= 4 is 5.91 Å². The second-order valence-electron chi connectivity index (χ2n) is 5.61. The molecule has 0 saturated carbocycles. The van der Waals surface area contributed by atoms with E-state index in [1.165, 1.54) is 0 Å². The molecule has 0 unspecified atom stereocenters. The largest absolute Gasteiger partial charge is 0.354 e. The maximum Gasteiger partial charge on any atom is 0.241 e. The second kappa shape index (κ2) is 6.69. The zero-order valence-electron chi connectivity index (χ0n) is 13.4. The number of nitrogens with one attached hydrogen (secondary N) is 2. The lowest BCUT2D eigenvalue weighted by Crippen LogP contribution is -2.36. The molecule has 8 nitrogen and oxygen atoms in total. The average Bonchev–Trinajstić information content (AvgIpc) is 3.05. The van der Waals surface area contributed by atoms with E-state index in [-0.39, 0.29) is 5.91 Å². The van der Waals surface area contributed by atoms with Gasteiger partial charge in [-0.3, -0.25) is 9.89 Å². The number of hydrogen-bond donors (Lipinski definition) is 3. The summed E-state index contributed by atoms with van der Waals surface area (Å²) in [5.74, 6) is 0.628. The van der Waals surface area contributed by atoms with E-state index in [9.17, 15) is 4.79 Å². The summed E-state index contributed by atoms with van der Waals surface area (Å²) in [7, 11) is 0. The Balaban J connectivity index is 1.92. The van der Waals surface area contributed by atoms with Crippen LogP contribution in [0.3, 0.4) is 0 Å². The van der Waals surface area contributed by atoms with Gasteiger partial charge in [-0.1, -0.05) is 0 Å². The van der Waals surface area contributed by atoms with Crippen LogP contribution in [-0.4, -0.2) is 37.4 Å². The highest BCUT2D eigenvalue weighted by Gasteiger charge is 2.21. The molecule has 22 heavy (non-hydrogen) atoms. The van der Waals surface area contributed by atoms with Gasteiger partial charge < -0.3 is 15.6 Å². The number of amides is 1. The van der Waals surface area contributed by atoms with E-state index in [0.29, 0.717) is 19.0 Å². The van der Waals surface area contributed by atoms with Gasteiger partial charge in [0.25, 0.3) is 0 Å². The lowest BCUT2D eigenvalue weighted by atomic mass is 10.1. The van der Waals surface area contributed by atoms with Crippen molar-refractivity contribution in [1.82, 2.24) is 30.3 Å². The van der Waals surface area contributed by atoms with Crippen LogP contribution in [0.15, 0.2) is 6.33 Å². The fraction of sp³-hybridized carbons (Fsp3) is 0.571. The van der Waals surface area contributed by atoms with Gasteiger partial charge in [0, 0.05) is 30.3 Å². The molecule has 0 fully saturated rings. The monoisotopic (exact) mass is 305 g/mol. The van der Waals surface area contributed by atoms with Crippen molar-refractivity contribution in [3.63, 3.8) is 0 Å². The van der Waals surface area contributed by atoms with Crippen molar-refractivity contribution < 1.29 is 4.79 Å². The van der Waals surface area contributed by atoms with Crippen LogP contribution >= 0.6 is 0 Å². The number of carbonyl (C=O) groups is 1. The minimum Gasteiger partial charge on any atom is -0.354 e. The minimum absolute atomic E-state index is 0.219. The number of H-pyrrole nitrogens is 1. The number of hydrogen-bond acceptors (Lipinski definition) is 5. The fourth-order valence-corrected chi connectivity index (χ4v) is 2.43. The quantitative estimate of drug-likeness (QED) is 0.721. The van der Waals surface area contributed by atoms with E-state index in [4.69, 9.17) is 5.73 Å². The number of nitrogens with two attached hydrogens (primary N) is 1. The molecule has 2 rings (SSSR count). The Morgan fingerprint density at radius 1 is 1.45 bits per heavy atom. The number of aromatic nitrogens is 5. The number of carbonyl (C=O) groups excluding carboxylic acids is 1.